The Labute approximate surface area is 206 Å². The lowest BCUT2D eigenvalue weighted by atomic mass is 9.48. The number of nitrogens with one attached hydrogen (secondary N) is 1. The molecule has 0 radical (unpaired) electrons. The minimum absolute atomic E-state index is 0.0384. The van der Waals surface area contributed by atoms with Gasteiger partial charge in [-0.05, 0) is 94.1 Å². The molecule has 1 unspecified atom stereocenters. The van der Waals surface area contributed by atoms with Crippen LogP contribution in [0.2, 0.25) is 0 Å². The Hall–Kier alpha value is -1.86. The highest BCUT2D eigenvalue weighted by Gasteiger charge is 2.53. The van der Waals surface area contributed by atoms with Crippen molar-refractivity contribution in [1.82, 2.24) is 14.9 Å². The molecule has 2 aromatic rings. The topological polar surface area (TPSA) is 73.2 Å². The number of carbonyl (C=O) groups excluding carboxylic acids is 1. The molecule has 7 heteroatoms. The average Bonchev–Trinajstić information content (AvgIpc) is 2.81. The van der Waals surface area contributed by atoms with Gasteiger partial charge < -0.3 is 10.1 Å². The van der Waals surface area contributed by atoms with Gasteiger partial charge in [-0.15, -0.1) is 0 Å². The Morgan fingerprint density at radius 1 is 1.21 bits per heavy atom. The van der Waals surface area contributed by atoms with Crippen molar-refractivity contribution in [2.45, 2.75) is 76.5 Å². The monoisotopic (exact) mass is 483 g/mol. The average molecular weight is 484 g/mol. The van der Waals surface area contributed by atoms with Crippen LogP contribution in [-0.4, -0.2) is 40.5 Å². The standard InChI is InChI=1S/C27H37N3O3S/c1-3-33-10-6-9-30-25(32)22-7-4-5-8-23(22)29-26(30)34-17-24(31)28-18(2)27-14-19-11-20(15-27)13-21(12-19)16-27/h4-5,7-8,18-21H,3,6,9-17H2,1-2H3,(H,28,31). The first kappa shape index (κ1) is 23.9. The summed E-state index contributed by atoms with van der Waals surface area (Å²) in [6, 6.07) is 7.63. The zero-order valence-electron chi connectivity index (χ0n) is 20.4. The van der Waals surface area contributed by atoms with Gasteiger partial charge in [0.1, 0.15) is 0 Å². The molecule has 6 rings (SSSR count). The largest absolute Gasteiger partial charge is 0.382 e. The summed E-state index contributed by atoms with van der Waals surface area (Å²) in [7, 11) is 0. The van der Waals surface area contributed by atoms with Crippen molar-refractivity contribution in [2.24, 2.45) is 23.2 Å². The Balaban J connectivity index is 1.26. The number of fused-ring (bicyclic) bond motifs is 1. The second-order valence-electron chi connectivity index (χ2n) is 10.8. The van der Waals surface area contributed by atoms with Crippen LogP contribution in [0.25, 0.3) is 10.9 Å². The second kappa shape index (κ2) is 10.0. The number of nitrogens with zero attached hydrogens (tertiary/aromatic N) is 2. The Morgan fingerprint density at radius 2 is 1.88 bits per heavy atom. The number of carbonyl (C=O) groups is 1. The van der Waals surface area contributed by atoms with Gasteiger partial charge in [0.05, 0.1) is 16.7 Å². The Kier molecular flexibility index (Phi) is 7.03. The third-order valence-corrected chi connectivity index (χ3v) is 9.39. The molecule has 1 amide bonds. The van der Waals surface area contributed by atoms with Crippen molar-refractivity contribution in [2.75, 3.05) is 19.0 Å². The van der Waals surface area contributed by atoms with E-state index in [9.17, 15) is 9.59 Å². The van der Waals surface area contributed by atoms with Crippen molar-refractivity contribution >= 4 is 28.6 Å². The fraction of sp³-hybridized carbons (Fsp3) is 0.667. The van der Waals surface area contributed by atoms with E-state index in [1.807, 2.05) is 31.2 Å². The van der Waals surface area contributed by atoms with Gasteiger partial charge >= 0.3 is 0 Å². The Morgan fingerprint density at radius 3 is 2.56 bits per heavy atom. The van der Waals surface area contributed by atoms with Crippen LogP contribution in [0.3, 0.4) is 0 Å². The lowest BCUT2D eigenvalue weighted by Crippen LogP contribution is -2.56. The minimum Gasteiger partial charge on any atom is -0.382 e. The van der Waals surface area contributed by atoms with Gasteiger partial charge in [0.2, 0.25) is 5.91 Å². The SMILES string of the molecule is CCOCCCn1c(SCC(=O)NC(C)C23CC4CC(CC(C4)C2)C3)nc2ccccc2c1=O. The molecular weight excluding hydrogens is 446 g/mol. The van der Waals surface area contributed by atoms with E-state index >= 15 is 0 Å². The lowest BCUT2D eigenvalue weighted by molar-refractivity contribution is -0.123. The highest BCUT2D eigenvalue weighted by atomic mass is 32.2. The van der Waals surface area contributed by atoms with Crippen LogP contribution in [0, 0.1) is 23.2 Å². The number of hydrogen-bond donors (Lipinski definition) is 1. The summed E-state index contributed by atoms with van der Waals surface area (Å²) in [6.45, 7) is 5.98. The van der Waals surface area contributed by atoms with Crippen molar-refractivity contribution in [3.05, 3.63) is 34.6 Å². The van der Waals surface area contributed by atoms with E-state index in [0.717, 1.165) is 24.2 Å². The summed E-state index contributed by atoms with van der Waals surface area (Å²) in [5.74, 6) is 2.91. The molecule has 1 heterocycles. The first-order valence-electron chi connectivity index (χ1n) is 13.0. The lowest BCUT2D eigenvalue weighted by Gasteiger charge is -2.59. The predicted octanol–water partition coefficient (Wildman–Crippen LogP) is 4.64. The third kappa shape index (κ3) is 4.78. The normalized spacial score (nSPS) is 28.4. The fourth-order valence-corrected chi connectivity index (χ4v) is 8.03. The number of thioether (sulfide) groups is 1. The first-order valence-corrected chi connectivity index (χ1v) is 14.0. The first-order chi connectivity index (χ1) is 16.5. The van der Waals surface area contributed by atoms with Crippen LogP contribution < -0.4 is 10.9 Å². The van der Waals surface area contributed by atoms with E-state index in [1.165, 1.54) is 50.3 Å². The number of amides is 1. The van der Waals surface area contributed by atoms with Gasteiger partial charge in [-0.2, -0.15) is 0 Å². The second-order valence-corrected chi connectivity index (χ2v) is 11.7. The van der Waals surface area contributed by atoms with Crippen LogP contribution in [-0.2, 0) is 16.1 Å². The van der Waals surface area contributed by atoms with Crippen molar-refractivity contribution < 1.29 is 9.53 Å². The molecule has 4 aliphatic rings. The smallest absolute Gasteiger partial charge is 0.262 e. The molecule has 6 nitrogen and oxygen atoms in total. The fourth-order valence-electron chi connectivity index (χ4n) is 7.20. The molecule has 1 aromatic heterocycles. The third-order valence-electron chi connectivity index (χ3n) is 8.42. The van der Waals surface area contributed by atoms with Gasteiger partial charge in [0, 0.05) is 25.8 Å². The molecule has 4 fully saturated rings. The van der Waals surface area contributed by atoms with Crippen LogP contribution in [0.15, 0.2) is 34.2 Å². The maximum atomic E-state index is 13.2. The van der Waals surface area contributed by atoms with Gasteiger partial charge in [0.25, 0.3) is 5.56 Å². The maximum absolute atomic E-state index is 13.2. The summed E-state index contributed by atoms with van der Waals surface area (Å²) in [6.07, 6.45) is 8.78. The zero-order chi connectivity index (χ0) is 23.7. The summed E-state index contributed by atoms with van der Waals surface area (Å²) >= 11 is 1.37. The van der Waals surface area contributed by atoms with E-state index < -0.39 is 0 Å². The molecule has 0 aliphatic heterocycles. The molecule has 1 aromatic carbocycles. The minimum atomic E-state index is -0.0491. The van der Waals surface area contributed by atoms with Gasteiger partial charge in [-0.25, -0.2) is 4.98 Å². The van der Waals surface area contributed by atoms with E-state index in [4.69, 9.17) is 9.72 Å². The number of hydrogen-bond acceptors (Lipinski definition) is 5. The summed E-state index contributed by atoms with van der Waals surface area (Å²) in [5, 5.41) is 4.57. The zero-order valence-corrected chi connectivity index (χ0v) is 21.2. The van der Waals surface area contributed by atoms with Gasteiger partial charge in [-0.1, -0.05) is 23.9 Å². The number of para-hydroxylation sites is 1. The van der Waals surface area contributed by atoms with Crippen LogP contribution in [0.5, 0.6) is 0 Å². The molecular formula is C27H37N3O3S. The number of benzene rings is 1. The van der Waals surface area contributed by atoms with Crippen molar-refractivity contribution in [1.29, 1.82) is 0 Å². The molecule has 4 saturated carbocycles. The molecule has 4 bridgehead atoms. The van der Waals surface area contributed by atoms with E-state index in [1.54, 1.807) is 4.57 Å². The van der Waals surface area contributed by atoms with Crippen LogP contribution in [0.1, 0.15) is 58.8 Å². The molecule has 34 heavy (non-hydrogen) atoms. The summed E-state index contributed by atoms with van der Waals surface area (Å²) < 4.78 is 7.17. The predicted molar refractivity (Wildman–Crippen MR) is 136 cm³/mol. The molecule has 1 atom stereocenters. The van der Waals surface area contributed by atoms with Crippen molar-refractivity contribution in [3.8, 4) is 0 Å². The number of aromatic nitrogens is 2. The highest BCUT2D eigenvalue weighted by molar-refractivity contribution is 7.99. The van der Waals surface area contributed by atoms with Gasteiger partial charge in [-0.3, -0.25) is 14.2 Å². The van der Waals surface area contributed by atoms with E-state index in [-0.39, 0.29) is 28.7 Å². The molecule has 0 spiro atoms. The molecule has 4 aliphatic carbocycles. The van der Waals surface area contributed by atoms with E-state index in [0.29, 0.717) is 35.8 Å². The van der Waals surface area contributed by atoms with Crippen LogP contribution >= 0.6 is 11.8 Å². The van der Waals surface area contributed by atoms with Gasteiger partial charge in [0.15, 0.2) is 5.16 Å². The summed E-state index contributed by atoms with van der Waals surface area (Å²) in [5.41, 5.74) is 0.919. The molecule has 184 valence electrons. The maximum Gasteiger partial charge on any atom is 0.262 e. The highest BCUT2D eigenvalue weighted by Crippen LogP contribution is 2.61. The number of rotatable bonds is 10. The quantitative estimate of drug-likeness (QED) is 0.303. The number of ether oxygens (including phenoxy) is 1. The molecule has 1 N–H and O–H groups in total. The van der Waals surface area contributed by atoms with Crippen LogP contribution in [0.4, 0.5) is 0 Å². The van der Waals surface area contributed by atoms with Crippen molar-refractivity contribution in [3.63, 3.8) is 0 Å². The Bertz CT molecular complexity index is 1060. The molecule has 0 saturated heterocycles. The van der Waals surface area contributed by atoms with E-state index in [2.05, 4.69) is 12.2 Å². The summed E-state index contributed by atoms with van der Waals surface area (Å²) in [4.78, 5) is 30.9.